The summed E-state index contributed by atoms with van der Waals surface area (Å²) in [6, 6.07) is 27.4. The maximum atomic E-state index is 14.7. The second-order valence-corrected chi connectivity index (χ2v) is 12.5. The highest BCUT2D eigenvalue weighted by Crippen LogP contribution is 2.27. The highest BCUT2D eigenvalue weighted by Gasteiger charge is 2.36. The van der Waals surface area contributed by atoms with Crippen molar-refractivity contribution in [3.8, 4) is 5.75 Å². The molecule has 4 rings (SSSR count). The highest BCUT2D eigenvalue weighted by molar-refractivity contribution is 6.00. The van der Waals surface area contributed by atoms with E-state index in [1.54, 1.807) is 37.8 Å². The van der Waals surface area contributed by atoms with Gasteiger partial charge in [0.2, 0.25) is 5.91 Å². The molecule has 2 atom stereocenters. The van der Waals surface area contributed by atoms with Gasteiger partial charge in [-0.3, -0.25) is 9.59 Å². The van der Waals surface area contributed by atoms with E-state index in [0.29, 0.717) is 24.2 Å². The van der Waals surface area contributed by atoms with E-state index in [0.717, 1.165) is 35.6 Å². The number of hydrogen-bond acceptors (Lipinski definition) is 5. The zero-order valence-electron chi connectivity index (χ0n) is 27.2. The monoisotopic (exact) mass is 623 g/mol. The van der Waals surface area contributed by atoms with Gasteiger partial charge in [0.25, 0.3) is 5.91 Å². The number of alkyl carbamates (subject to hydrolysis) is 1. The number of benzene rings is 4. The summed E-state index contributed by atoms with van der Waals surface area (Å²) < 4.78 is 5.53. The molecule has 8 nitrogen and oxygen atoms in total. The molecule has 3 N–H and O–H groups in total. The predicted octanol–water partition coefficient (Wildman–Crippen LogP) is 7.77. The fraction of sp³-hybridized carbons (Fsp3) is 0.342. The maximum Gasteiger partial charge on any atom is 0.408 e. The second kappa shape index (κ2) is 15.9. The number of carbonyl (C=O) groups is 3. The van der Waals surface area contributed by atoms with Gasteiger partial charge in [0.1, 0.15) is 23.4 Å². The van der Waals surface area contributed by atoms with Gasteiger partial charge < -0.3 is 25.4 Å². The lowest BCUT2D eigenvalue weighted by molar-refractivity contribution is -0.140. The van der Waals surface area contributed by atoms with Gasteiger partial charge in [-0.2, -0.15) is 0 Å². The van der Waals surface area contributed by atoms with Gasteiger partial charge in [-0.15, -0.1) is 0 Å². The third kappa shape index (κ3) is 9.83. The standard InChI is InChI=1S/C38H45N3O5/c1-5-6-7-13-24-41(36(44)33(40-37(45)46-38(2,3)4)25-27-18-22-32(42)23-19-27)34(29-15-9-8-10-16-29)35(43)39-31-21-20-28-14-11-12-17-30(28)26-31/h8-12,14-23,26,33-34,42H,5-7,13,24-25H2,1-4H3,(H,39,43)(H,40,45). The molecule has 0 saturated heterocycles. The van der Waals surface area contributed by atoms with E-state index < -0.39 is 29.7 Å². The summed E-state index contributed by atoms with van der Waals surface area (Å²) in [6.07, 6.45) is 2.99. The number of phenolic OH excluding ortho intramolecular Hbond substituents is 1. The van der Waals surface area contributed by atoms with Crippen molar-refractivity contribution in [2.75, 3.05) is 11.9 Å². The molecule has 3 amide bonds. The molecule has 4 aromatic carbocycles. The second-order valence-electron chi connectivity index (χ2n) is 12.5. The summed E-state index contributed by atoms with van der Waals surface area (Å²) in [5, 5.41) is 17.7. The number of phenols is 1. The fourth-order valence-electron chi connectivity index (χ4n) is 5.38. The van der Waals surface area contributed by atoms with Crippen molar-refractivity contribution in [3.05, 3.63) is 108 Å². The first-order valence-electron chi connectivity index (χ1n) is 16.0. The van der Waals surface area contributed by atoms with Crippen molar-refractivity contribution in [1.82, 2.24) is 10.2 Å². The van der Waals surface area contributed by atoms with Gasteiger partial charge >= 0.3 is 6.09 Å². The first-order chi connectivity index (χ1) is 22.0. The molecule has 0 aliphatic heterocycles. The number of rotatable bonds is 13. The fourth-order valence-corrected chi connectivity index (χ4v) is 5.38. The van der Waals surface area contributed by atoms with Crippen molar-refractivity contribution < 1.29 is 24.2 Å². The Bertz CT molecular complexity index is 1600. The Morgan fingerprint density at radius 3 is 2.17 bits per heavy atom. The van der Waals surface area contributed by atoms with E-state index in [1.807, 2.05) is 72.8 Å². The largest absolute Gasteiger partial charge is 0.508 e. The number of nitrogens with zero attached hydrogens (tertiary/aromatic N) is 1. The Kier molecular flexibility index (Phi) is 11.8. The van der Waals surface area contributed by atoms with Crippen molar-refractivity contribution >= 4 is 34.4 Å². The van der Waals surface area contributed by atoms with E-state index in [-0.39, 0.29) is 18.1 Å². The molecule has 0 bridgehead atoms. The van der Waals surface area contributed by atoms with Gasteiger partial charge in [0, 0.05) is 18.7 Å². The van der Waals surface area contributed by atoms with Crippen LogP contribution in [0.2, 0.25) is 0 Å². The smallest absolute Gasteiger partial charge is 0.408 e. The molecular weight excluding hydrogens is 578 g/mol. The van der Waals surface area contributed by atoms with E-state index in [2.05, 4.69) is 17.6 Å². The number of unbranched alkanes of at least 4 members (excludes halogenated alkanes) is 3. The first-order valence-corrected chi connectivity index (χ1v) is 16.0. The van der Waals surface area contributed by atoms with Crippen LogP contribution in [-0.2, 0) is 20.7 Å². The average molecular weight is 624 g/mol. The summed E-state index contributed by atoms with van der Waals surface area (Å²) in [5.41, 5.74) is 1.23. The lowest BCUT2D eigenvalue weighted by Crippen LogP contribution is -2.53. The summed E-state index contributed by atoms with van der Waals surface area (Å²) >= 11 is 0. The van der Waals surface area contributed by atoms with Crippen LogP contribution >= 0.6 is 0 Å². The number of fused-ring (bicyclic) bond motifs is 1. The Morgan fingerprint density at radius 1 is 0.826 bits per heavy atom. The summed E-state index contributed by atoms with van der Waals surface area (Å²) in [7, 11) is 0. The van der Waals surface area contributed by atoms with Crippen LogP contribution in [0, 0.1) is 0 Å². The maximum absolute atomic E-state index is 14.7. The summed E-state index contributed by atoms with van der Waals surface area (Å²) in [6.45, 7) is 7.70. The Balaban J connectivity index is 1.72. The van der Waals surface area contributed by atoms with Crippen LogP contribution in [0.5, 0.6) is 5.75 Å². The molecule has 0 aliphatic carbocycles. The first kappa shape index (κ1) is 34.0. The molecule has 46 heavy (non-hydrogen) atoms. The molecule has 0 aromatic heterocycles. The Labute approximate surface area is 271 Å². The third-order valence-corrected chi connectivity index (χ3v) is 7.59. The molecule has 0 heterocycles. The van der Waals surface area contributed by atoms with E-state index in [1.165, 1.54) is 12.1 Å². The predicted molar refractivity (Wildman–Crippen MR) is 183 cm³/mol. The normalized spacial score (nSPS) is 12.6. The Morgan fingerprint density at radius 2 is 1.50 bits per heavy atom. The topological polar surface area (TPSA) is 108 Å². The molecule has 242 valence electrons. The van der Waals surface area contributed by atoms with E-state index >= 15 is 0 Å². The number of aromatic hydroxyl groups is 1. The van der Waals surface area contributed by atoms with Crippen LogP contribution in [-0.4, -0.2) is 46.1 Å². The molecule has 2 unspecified atom stereocenters. The van der Waals surface area contributed by atoms with Crippen molar-refractivity contribution in [1.29, 1.82) is 0 Å². The lowest BCUT2D eigenvalue weighted by Gasteiger charge is -2.34. The average Bonchev–Trinajstić information content (AvgIpc) is 3.02. The van der Waals surface area contributed by atoms with Crippen LogP contribution < -0.4 is 10.6 Å². The van der Waals surface area contributed by atoms with Crippen molar-refractivity contribution in [2.24, 2.45) is 0 Å². The van der Waals surface area contributed by atoms with Crippen molar-refractivity contribution in [2.45, 2.75) is 77.5 Å². The van der Waals surface area contributed by atoms with Gasteiger partial charge in [0.05, 0.1) is 0 Å². The SMILES string of the molecule is CCCCCCN(C(=O)C(Cc1ccc(O)cc1)NC(=O)OC(C)(C)C)C(C(=O)Nc1ccc2ccccc2c1)c1ccccc1. The number of anilines is 1. The van der Waals surface area contributed by atoms with Crippen LogP contribution in [0.3, 0.4) is 0 Å². The van der Waals surface area contributed by atoms with E-state index in [4.69, 9.17) is 4.74 Å². The highest BCUT2D eigenvalue weighted by atomic mass is 16.6. The molecular formula is C38H45N3O5. The van der Waals surface area contributed by atoms with Crippen LogP contribution in [0.4, 0.5) is 10.5 Å². The van der Waals surface area contributed by atoms with Gasteiger partial charge in [-0.05, 0) is 73.4 Å². The third-order valence-electron chi connectivity index (χ3n) is 7.59. The minimum Gasteiger partial charge on any atom is -0.508 e. The summed E-state index contributed by atoms with van der Waals surface area (Å²) in [5.74, 6) is -0.664. The molecule has 4 aromatic rings. The quantitative estimate of drug-likeness (QED) is 0.132. The molecule has 0 saturated carbocycles. The molecule has 0 radical (unpaired) electrons. The van der Waals surface area contributed by atoms with Gasteiger partial charge in [0.15, 0.2) is 0 Å². The minimum atomic E-state index is -1.04. The van der Waals surface area contributed by atoms with E-state index in [9.17, 15) is 19.5 Å². The number of hydrogen-bond donors (Lipinski definition) is 3. The lowest BCUT2D eigenvalue weighted by atomic mass is 9.99. The molecule has 0 spiro atoms. The van der Waals surface area contributed by atoms with Gasteiger partial charge in [-0.1, -0.05) is 99.0 Å². The summed E-state index contributed by atoms with van der Waals surface area (Å²) in [4.78, 5) is 43.5. The zero-order chi connectivity index (χ0) is 33.1. The minimum absolute atomic E-state index is 0.0961. The number of amides is 3. The van der Waals surface area contributed by atoms with Crippen LogP contribution in [0.1, 0.15) is 70.5 Å². The Hall–Kier alpha value is -4.85. The molecule has 0 aliphatic rings. The van der Waals surface area contributed by atoms with Gasteiger partial charge in [-0.25, -0.2) is 4.79 Å². The zero-order valence-corrected chi connectivity index (χ0v) is 27.2. The molecule has 8 heteroatoms. The number of nitrogens with one attached hydrogen (secondary N) is 2. The number of carbonyl (C=O) groups excluding carboxylic acids is 3. The van der Waals surface area contributed by atoms with Crippen molar-refractivity contribution in [3.63, 3.8) is 0 Å². The van der Waals surface area contributed by atoms with Crippen LogP contribution in [0.25, 0.3) is 10.8 Å². The molecule has 0 fully saturated rings. The number of ether oxygens (including phenoxy) is 1. The van der Waals surface area contributed by atoms with Crippen LogP contribution in [0.15, 0.2) is 97.1 Å².